The van der Waals surface area contributed by atoms with Crippen LogP contribution in [0, 0.1) is 0 Å². The van der Waals surface area contributed by atoms with Crippen molar-refractivity contribution >= 4 is 11.9 Å². The van der Waals surface area contributed by atoms with Crippen LogP contribution in [0.4, 0.5) is 0 Å². The lowest BCUT2D eigenvalue weighted by Crippen LogP contribution is -2.20. The molecule has 0 unspecified atom stereocenters. The number of hydrogen-bond donors (Lipinski definition) is 0. The topological polar surface area (TPSA) is 52.6 Å². The molecule has 0 N–H and O–H groups in total. The van der Waals surface area contributed by atoms with Gasteiger partial charge in [0.05, 0.1) is 12.5 Å². The van der Waals surface area contributed by atoms with Gasteiger partial charge in [-0.3, -0.25) is 4.79 Å². The molecule has 0 spiro atoms. The third-order valence-electron chi connectivity index (χ3n) is 1.91. The molecule has 0 atom stereocenters. The molecule has 0 radical (unpaired) electrons. The van der Waals surface area contributed by atoms with E-state index in [2.05, 4.69) is 0 Å². The second-order valence-electron chi connectivity index (χ2n) is 3.86. The Morgan fingerprint density at radius 3 is 2.35 bits per heavy atom. The second kappa shape index (κ2) is 6.68. The van der Waals surface area contributed by atoms with E-state index in [0.29, 0.717) is 0 Å². The summed E-state index contributed by atoms with van der Waals surface area (Å²) in [6.45, 7) is 3.15. The second-order valence-corrected chi connectivity index (χ2v) is 3.86. The van der Waals surface area contributed by atoms with Gasteiger partial charge in [-0.05, 0) is 19.4 Å². The molecule has 0 aromatic heterocycles. The predicted molar refractivity (Wildman–Crippen MR) is 62.3 cm³/mol. The maximum Gasteiger partial charge on any atom is 0.344 e. The SMILES string of the molecule is CC(C)OC(=O)COC(=O)Cc1ccccc1. The molecule has 0 heterocycles. The van der Waals surface area contributed by atoms with Crippen molar-refractivity contribution in [3.05, 3.63) is 35.9 Å². The van der Waals surface area contributed by atoms with Gasteiger partial charge in [0.25, 0.3) is 0 Å². The van der Waals surface area contributed by atoms with Crippen molar-refractivity contribution in [2.75, 3.05) is 6.61 Å². The minimum absolute atomic E-state index is 0.162. The molecule has 1 aromatic rings. The lowest BCUT2D eigenvalue weighted by atomic mass is 10.2. The van der Waals surface area contributed by atoms with Crippen LogP contribution >= 0.6 is 0 Å². The van der Waals surface area contributed by atoms with E-state index < -0.39 is 11.9 Å². The van der Waals surface area contributed by atoms with Crippen molar-refractivity contribution in [2.45, 2.75) is 26.4 Å². The van der Waals surface area contributed by atoms with Crippen LogP contribution in [0.5, 0.6) is 0 Å². The number of esters is 2. The van der Waals surface area contributed by atoms with Crippen molar-refractivity contribution in [2.24, 2.45) is 0 Å². The Labute approximate surface area is 101 Å². The fraction of sp³-hybridized carbons (Fsp3) is 0.385. The number of carbonyl (C=O) groups is 2. The predicted octanol–water partition coefficient (Wildman–Crippen LogP) is 1.72. The highest BCUT2D eigenvalue weighted by Gasteiger charge is 2.10. The maximum absolute atomic E-state index is 11.4. The summed E-state index contributed by atoms with van der Waals surface area (Å²) in [5.41, 5.74) is 0.856. The molecule has 4 nitrogen and oxygen atoms in total. The van der Waals surface area contributed by atoms with E-state index in [9.17, 15) is 9.59 Å². The summed E-state index contributed by atoms with van der Waals surface area (Å²) >= 11 is 0. The lowest BCUT2D eigenvalue weighted by molar-refractivity contribution is -0.160. The normalized spacial score (nSPS) is 10.1. The van der Waals surface area contributed by atoms with Crippen LogP contribution in [0.1, 0.15) is 19.4 Å². The standard InChI is InChI=1S/C13H16O4/c1-10(2)17-13(15)9-16-12(14)8-11-6-4-3-5-7-11/h3-7,10H,8-9H2,1-2H3. The molecule has 4 heteroatoms. The summed E-state index contributed by atoms with van der Waals surface area (Å²) in [7, 11) is 0. The summed E-state index contributed by atoms with van der Waals surface area (Å²) in [6, 6.07) is 9.21. The Hall–Kier alpha value is -1.84. The van der Waals surface area contributed by atoms with Gasteiger partial charge in [0, 0.05) is 0 Å². The molecule has 0 aliphatic rings. The van der Waals surface area contributed by atoms with E-state index in [1.807, 2.05) is 30.3 Å². The molecule has 0 aliphatic heterocycles. The molecular weight excluding hydrogens is 220 g/mol. The van der Waals surface area contributed by atoms with Gasteiger partial charge in [0.1, 0.15) is 0 Å². The number of rotatable bonds is 5. The fourth-order valence-corrected chi connectivity index (χ4v) is 1.25. The molecule has 0 fully saturated rings. The van der Waals surface area contributed by atoms with Crippen molar-refractivity contribution < 1.29 is 19.1 Å². The highest BCUT2D eigenvalue weighted by Crippen LogP contribution is 2.01. The maximum atomic E-state index is 11.4. The molecule has 0 saturated carbocycles. The zero-order valence-corrected chi connectivity index (χ0v) is 10.0. The van der Waals surface area contributed by atoms with Gasteiger partial charge in [-0.15, -0.1) is 0 Å². The largest absolute Gasteiger partial charge is 0.460 e. The molecular formula is C13H16O4. The fourth-order valence-electron chi connectivity index (χ4n) is 1.25. The van der Waals surface area contributed by atoms with Gasteiger partial charge in [-0.25, -0.2) is 4.79 Å². The van der Waals surface area contributed by atoms with Gasteiger partial charge in [-0.2, -0.15) is 0 Å². The van der Waals surface area contributed by atoms with Crippen molar-refractivity contribution in [1.82, 2.24) is 0 Å². The van der Waals surface area contributed by atoms with Crippen LogP contribution in [0.15, 0.2) is 30.3 Å². The van der Waals surface area contributed by atoms with Crippen molar-refractivity contribution in [3.8, 4) is 0 Å². The zero-order chi connectivity index (χ0) is 12.7. The van der Waals surface area contributed by atoms with E-state index in [1.54, 1.807) is 13.8 Å². The highest BCUT2D eigenvalue weighted by atomic mass is 16.6. The number of hydrogen-bond acceptors (Lipinski definition) is 4. The van der Waals surface area contributed by atoms with Gasteiger partial charge in [0.2, 0.25) is 0 Å². The van der Waals surface area contributed by atoms with E-state index in [4.69, 9.17) is 9.47 Å². The summed E-state index contributed by atoms with van der Waals surface area (Å²) in [6.07, 6.45) is -0.0363. The van der Waals surface area contributed by atoms with Gasteiger partial charge < -0.3 is 9.47 Å². The van der Waals surface area contributed by atoms with Crippen molar-refractivity contribution in [1.29, 1.82) is 0 Å². The van der Waals surface area contributed by atoms with Crippen LogP contribution in [0.2, 0.25) is 0 Å². The third kappa shape index (κ3) is 5.70. The monoisotopic (exact) mass is 236 g/mol. The lowest BCUT2D eigenvalue weighted by Gasteiger charge is -2.08. The van der Waals surface area contributed by atoms with Gasteiger partial charge in [0.15, 0.2) is 6.61 Å². The number of ether oxygens (including phenoxy) is 2. The molecule has 92 valence electrons. The molecule has 1 aromatic carbocycles. The molecule has 0 bridgehead atoms. The average molecular weight is 236 g/mol. The van der Waals surface area contributed by atoms with E-state index >= 15 is 0 Å². The Morgan fingerprint density at radius 2 is 1.76 bits per heavy atom. The molecule has 0 amide bonds. The van der Waals surface area contributed by atoms with Crippen LogP contribution < -0.4 is 0 Å². The molecule has 1 rings (SSSR count). The number of carbonyl (C=O) groups excluding carboxylic acids is 2. The summed E-state index contributed by atoms with van der Waals surface area (Å²) in [5, 5.41) is 0. The Balaban J connectivity index is 2.29. The van der Waals surface area contributed by atoms with E-state index in [0.717, 1.165) is 5.56 Å². The van der Waals surface area contributed by atoms with Crippen LogP contribution in [0.3, 0.4) is 0 Å². The third-order valence-corrected chi connectivity index (χ3v) is 1.91. The summed E-state index contributed by atoms with van der Waals surface area (Å²) in [4.78, 5) is 22.5. The first-order valence-corrected chi connectivity index (χ1v) is 5.47. The highest BCUT2D eigenvalue weighted by molar-refractivity contribution is 5.77. The zero-order valence-electron chi connectivity index (χ0n) is 10.0. The van der Waals surface area contributed by atoms with E-state index in [-0.39, 0.29) is 19.1 Å². The Morgan fingerprint density at radius 1 is 1.12 bits per heavy atom. The first-order valence-electron chi connectivity index (χ1n) is 5.47. The van der Waals surface area contributed by atoms with E-state index in [1.165, 1.54) is 0 Å². The van der Waals surface area contributed by atoms with Crippen molar-refractivity contribution in [3.63, 3.8) is 0 Å². The molecule has 17 heavy (non-hydrogen) atoms. The average Bonchev–Trinajstić information content (AvgIpc) is 2.27. The quantitative estimate of drug-likeness (QED) is 0.730. The van der Waals surface area contributed by atoms with Gasteiger partial charge >= 0.3 is 11.9 Å². The molecule has 0 saturated heterocycles. The number of benzene rings is 1. The summed E-state index contributed by atoms with van der Waals surface area (Å²) in [5.74, 6) is -0.960. The Bertz CT molecular complexity index is 370. The molecule has 0 aliphatic carbocycles. The first-order chi connectivity index (χ1) is 8.08. The smallest absolute Gasteiger partial charge is 0.344 e. The summed E-state index contributed by atoms with van der Waals surface area (Å²) < 4.78 is 9.63. The minimum atomic E-state index is -0.526. The van der Waals surface area contributed by atoms with Crippen LogP contribution in [-0.4, -0.2) is 24.6 Å². The van der Waals surface area contributed by atoms with Crippen LogP contribution in [-0.2, 0) is 25.5 Å². The minimum Gasteiger partial charge on any atom is -0.460 e. The van der Waals surface area contributed by atoms with Crippen LogP contribution in [0.25, 0.3) is 0 Å². The Kier molecular flexibility index (Phi) is 5.20. The van der Waals surface area contributed by atoms with Gasteiger partial charge in [-0.1, -0.05) is 30.3 Å². The first kappa shape index (κ1) is 13.2.